The first-order valence-electron chi connectivity index (χ1n) is 4.42. The number of imidazole rings is 1. The Morgan fingerprint density at radius 3 is 2.47 bits per heavy atom. The van der Waals surface area contributed by atoms with Gasteiger partial charge in [-0.25, -0.2) is 4.68 Å². The lowest BCUT2D eigenvalue weighted by Gasteiger charge is -2.00. The van der Waals surface area contributed by atoms with Crippen molar-refractivity contribution in [3.8, 4) is 17.0 Å². The number of benzene rings is 1. The van der Waals surface area contributed by atoms with Gasteiger partial charge in [-0.15, -0.1) is 0 Å². The number of hydrogen-bond acceptors (Lipinski definition) is 3. The number of rotatable bonds is 2. The number of nitrogens with two attached hydrogens (primary N) is 1. The first-order chi connectivity index (χ1) is 7.20. The molecule has 0 bridgehead atoms. The molecule has 0 amide bonds. The van der Waals surface area contributed by atoms with Crippen LogP contribution in [0, 0.1) is 4.77 Å². The quantitative estimate of drug-likeness (QED) is 0.602. The second-order valence-corrected chi connectivity index (χ2v) is 3.50. The minimum Gasteiger partial charge on any atom is -0.497 e. The number of aromatic nitrogens is 2. The van der Waals surface area contributed by atoms with E-state index in [2.05, 4.69) is 4.98 Å². The molecule has 0 fully saturated rings. The van der Waals surface area contributed by atoms with E-state index in [1.54, 1.807) is 13.3 Å². The fourth-order valence-corrected chi connectivity index (χ4v) is 1.49. The zero-order valence-electron chi connectivity index (χ0n) is 8.23. The summed E-state index contributed by atoms with van der Waals surface area (Å²) < 4.78 is 6.96. The van der Waals surface area contributed by atoms with Crippen LogP contribution in [0.15, 0.2) is 30.5 Å². The number of ether oxygens (including phenoxy) is 1. The molecule has 0 spiro atoms. The predicted molar refractivity (Wildman–Crippen MR) is 61.8 cm³/mol. The van der Waals surface area contributed by atoms with E-state index in [0.717, 1.165) is 17.0 Å². The first kappa shape index (κ1) is 9.79. The number of aromatic amines is 1. The molecule has 78 valence electrons. The molecule has 1 heterocycles. The smallest absolute Gasteiger partial charge is 0.196 e. The van der Waals surface area contributed by atoms with E-state index >= 15 is 0 Å². The van der Waals surface area contributed by atoms with Crippen LogP contribution >= 0.6 is 12.2 Å². The molecule has 2 aromatic rings. The van der Waals surface area contributed by atoms with Crippen LogP contribution in [0.1, 0.15) is 0 Å². The van der Waals surface area contributed by atoms with Crippen molar-refractivity contribution in [3.63, 3.8) is 0 Å². The van der Waals surface area contributed by atoms with Gasteiger partial charge in [-0.05, 0) is 42.0 Å². The lowest BCUT2D eigenvalue weighted by Crippen LogP contribution is -2.05. The number of nitrogen functional groups attached to an aromatic ring is 1. The van der Waals surface area contributed by atoms with Crippen molar-refractivity contribution in [2.75, 3.05) is 13.0 Å². The van der Waals surface area contributed by atoms with E-state index in [0.29, 0.717) is 4.77 Å². The Bertz CT molecular complexity index is 512. The topological polar surface area (TPSA) is 56.0 Å². The van der Waals surface area contributed by atoms with Crippen LogP contribution < -0.4 is 10.6 Å². The average Bonchev–Trinajstić information content (AvgIpc) is 2.59. The van der Waals surface area contributed by atoms with Gasteiger partial charge in [-0.1, -0.05) is 0 Å². The number of H-pyrrole nitrogens is 1. The van der Waals surface area contributed by atoms with Crippen molar-refractivity contribution in [2.24, 2.45) is 0 Å². The summed E-state index contributed by atoms with van der Waals surface area (Å²) in [6.07, 6.45) is 1.75. The van der Waals surface area contributed by atoms with Crippen molar-refractivity contribution in [3.05, 3.63) is 35.2 Å². The molecule has 0 saturated heterocycles. The Labute approximate surface area is 92.3 Å². The third-order valence-corrected chi connectivity index (χ3v) is 2.46. The molecule has 0 saturated carbocycles. The normalized spacial score (nSPS) is 10.2. The molecule has 5 heteroatoms. The van der Waals surface area contributed by atoms with Crippen molar-refractivity contribution in [1.82, 2.24) is 9.66 Å². The Balaban J connectivity index is 2.41. The molecule has 0 atom stereocenters. The predicted octanol–water partition coefficient (Wildman–Crippen LogP) is 1.94. The largest absolute Gasteiger partial charge is 0.497 e. The molecule has 4 nitrogen and oxygen atoms in total. The molecule has 3 N–H and O–H groups in total. The molecule has 0 aliphatic rings. The van der Waals surface area contributed by atoms with Crippen LogP contribution in [-0.2, 0) is 0 Å². The highest BCUT2D eigenvalue weighted by molar-refractivity contribution is 7.71. The molecule has 1 aromatic carbocycles. The lowest BCUT2D eigenvalue weighted by atomic mass is 10.2. The van der Waals surface area contributed by atoms with E-state index in [1.807, 2.05) is 24.3 Å². The lowest BCUT2D eigenvalue weighted by molar-refractivity contribution is 0.415. The number of hydrogen-bond donors (Lipinski definition) is 2. The van der Waals surface area contributed by atoms with Gasteiger partial charge in [0.25, 0.3) is 0 Å². The molecule has 0 radical (unpaired) electrons. The fraction of sp³-hybridized carbons (Fsp3) is 0.100. The zero-order chi connectivity index (χ0) is 10.8. The summed E-state index contributed by atoms with van der Waals surface area (Å²) in [5.74, 6) is 6.41. The van der Waals surface area contributed by atoms with Crippen LogP contribution in [0.2, 0.25) is 0 Å². The van der Waals surface area contributed by atoms with Crippen LogP contribution in [0.25, 0.3) is 11.3 Å². The van der Waals surface area contributed by atoms with Gasteiger partial charge in [0.15, 0.2) is 4.77 Å². The summed E-state index contributed by atoms with van der Waals surface area (Å²) >= 11 is 4.98. The van der Waals surface area contributed by atoms with Gasteiger partial charge < -0.3 is 15.6 Å². The van der Waals surface area contributed by atoms with E-state index in [1.165, 1.54) is 4.68 Å². The maximum absolute atomic E-state index is 5.59. The van der Waals surface area contributed by atoms with Crippen LogP contribution in [0.3, 0.4) is 0 Å². The van der Waals surface area contributed by atoms with Crippen LogP contribution in [-0.4, -0.2) is 16.8 Å². The second-order valence-electron chi connectivity index (χ2n) is 3.11. The third-order valence-electron chi connectivity index (χ3n) is 2.15. The summed E-state index contributed by atoms with van der Waals surface area (Å²) in [5.41, 5.74) is 1.91. The summed E-state index contributed by atoms with van der Waals surface area (Å²) in [5, 5.41) is 0. The number of nitrogens with one attached hydrogen (secondary N) is 1. The van der Waals surface area contributed by atoms with Crippen molar-refractivity contribution in [2.45, 2.75) is 0 Å². The average molecular weight is 221 g/mol. The van der Waals surface area contributed by atoms with Gasteiger partial charge in [-0.3, -0.25) is 0 Å². The molecular weight excluding hydrogens is 210 g/mol. The van der Waals surface area contributed by atoms with Crippen molar-refractivity contribution in [1.29, 1.82) is 0 Å². The van der Waals surface area contributed by atoms with E-state index < -0.39 is 0 Å². The number of nitrogens with zero attached hydrogens (tertiary/aromatic N) is 1. The molecular formula is C10H11N3OS. The summed E-state index contributed by atoms with van der Waals surface area (Å²) in [7, 11) is 1.64. The summed E-state index contributed by atoms with van der Waals surface area (Å²) in [6.45, 7) is 0. The minimum atomic E-state index is 0.501. The van der Waals surface area contributed by atoms with Gasteiger partial charge in [0.2, 0.25) is 0 Å². The molecule has 0 aliphatic heterocycles. The Morgan fingerprint density at radius 1 is 1.33 bits per heavy atom. The third kappa shape index (κ3) is 1.87. The van der Waals surface area contributed by atoms with Gasteiger partial charge >= 0.3 is 0 Å². The van der Waals surface area contributed by atoms with Gasteiger partial charge in [0, 0.05) is 0 Å². The highest BCUT2D eigenvalue weighted by Crippen LogP contribution is 2.20. The van der Waals surface area contributed by atoms with Crippen LogP contribution in [0.4, 0.5) is 0 Å². The Kier molecular flexibility index (Phi) is 2.47. The van der Waals surface area contributed by atoms with E-state index in [4.69, 9.17) is 22.8 Å². The van der Waals surface area contributed by atoms with Gasteiger partial charge in [0.05, 0.1) is 19.0 Å². The maximum Gasteiger partial charge on any atom is 0.196 e. The minimum absolute atomic E-state index is 0.501. The first-order valence-corrected chi connectivity index (χ1v) is 4.82. The number of methoxy groups -OCH3 is 1. The fourth-order valence-electron chi connectivity index (χ4n) is 1.33. The Hall–Kier alpha value is -1.75. The molecule has 2 rings (SSSR count). The maximum atomic E-state index is 5.59. The van der Waals surface area contributed by atoms with E-state index in [-0.39, 0.29) is 0 Å². The Morgan fingerprint density at radius 2 is 2.00 bits per heavy atom. The molecule has 15 heavy (non-hydrogen) atoms. The second kappa shape index (κ2) is 3.78. The summed E-state index contributed by atoms with van der Waals surface area (Å²) in [4.78, 5) is 3.01. The highest BCUT2D eigenvalue weighted by Gasteiger charge is 2.01. The summed E-state index contributed by atoms with van der Waals surface area (Å²) in [6, 6.07) is 7.67. The highest BCUT2D eigenvalue weighted by atomic mass is 32.1. The van der Waals surface area contributed by atoms with Crippen molar-refractivity contribution < 1.29 is 4.74 Å². The van der Waals surface area contributed by atoms with E-state index in [9.17, 15) is 0 Å². The standard InChI is InChI=1S/C10H11N3OS/c1-14-8-4-2-7(3-5-8)9-6-13(11)10(15)12-9/h2-6H,11H2,1H3,(H,12,15). The molecule has 0 aliphatic carbocycles. The van der Waals surface area contributed by atoms with Crippen molar-refractivity contribution >= 4 is 12.2 Å². The molecule has 1 aromatic heterocycles. The molecule has 0 unspecified atom stereocenters. The van der Waals surface area contributed by atoms with Crippen LogP contribution in [0.5, 0.6) is 5.75 Å². The van der Waals surface area contributed by atoms with Gasteiger partial charge in [0.1, 0.15) is 5.75 Å². The zero-order valence-corrected chi connectivity index (χ0v) is 9.04. The monoisotopic (exact) mass is 221 g/mol. The SMILES string of the molecule is COc1ccc(-c2cn(N)c(=S)[nH]2)cc1. The van der Waals surface area contributed by atoms with Gasteiger partial charge in [-0.2, -0.15) is 0 Å².